The molecule has 7 heteroatoms. The monoisotopic (exact) mass is 278 g/mol. The van der Waals surface area contributed by atoms with Crippen molar-refractivity contribution in [2.24, 2.45) is 0 Å². The van der Waals surface area contributed by atoms with Gasteiger partial charge in [-0.15, -0.1) is 11.3 Å². The fourth-order valence-corrected chi connectivity index (χ4v) is 2.26. The highest BCUT2D eigenvalue weighted by Crippen LogP contribution is 2.18. The molecule has 2 heterocycles. The van der Waals surface area contributed by atoms with Crippen molar-refractivity contribution >= 4 is 28.8 Å². The van der Waals surface area contributed by atoms with Crippen LogP contribution in [0.25, 0.3) is 0 Å². The standard InChI is InChI=1S/C12H14N4O2S/c1-7-4-14-10(19-7)6-16-11-9(12(17)18-2)3-8(13)5-15-11/h3-5H,6,13H2,1-2H3,(H,15,16). The lowest BCUT2D eigenvalue weighted by Crippen LogP contribution is -2.10. The minimum atomic E-state index is -0.474. The summed E-state index contributed by atoms with van der Waals surface area (Å²) < 4.78 is 4.70. The molecule has 0 saturated carbocycles. The van der Waals surface area contributed by atoms with E-state index in [1.165, 1.54) is 19.4 Å². The molecule has 0 aliphatic carbocycles. The van der Waals surface area contributed by atoms with Crippen molar-refractivity contribution in [1.82, 2.24) is 9.97 Å². The van der Waals surface area contributed by atoms with Crippen molar-refractivity contribution in [3.63, 3.8) is 0 Å². The summed E-state index contributed by atoms with van der Waals surface area (Å²) in [6, 6.07) is 1.54. The highest BCUT2D eigenvalue weighted by Gasteiger charge is 2.14. The summed E-state index contributed by atoms with van der Waals surface area (Å²) >= 11 is 1.59. The molecule has 0 aliphatic rings. The highest BCUT2D eigenvalue weighted by molar-refractivity contribution is 7.11. The van der Waals surface area contributed by atoms with E-state index < -0.39 is 5.97 Å². The van der Waals surface area contributed by atoms with Crippen LogP contribution in [-0.2, 0) is 11.3 Å². The topological polar surface area (TPSA) is 90.1 Å². The molecule has 2 aromatic rings. The van der Waals surface area contributed by atoms with Crippen molar-refractivity contribution < 1.29 is 9.53 Å². The predicted molar refractivity (Wildman–Crippen MR) is 74.2 cm³/mol. The number of aromatic nitrogens is 2. The molecule has 0 radical (unpaired) electrons. The molecule has 3 N–H and O–H groups in total. The maximum absolute atomic E-state index is 11.6. The Morgan fingerprint density at radius 2 is 2.26 bits per heavy atom. The van der Waals surface area contributed by atoms with E-state index >= 15 is 0 Å². The second-order valence-electron chi connectivity index (χ2n) is 3.87. The van der Waals surface area contributed by atoms with Gasteiger partial charge in [-0.1, -0.05) is 0 Å². The fraction of sp³-hybridized carbons (Fsp3) is 0.250. The van der Waals surface area contributed by atoms with Gasteiger partial charge >= 0.3 is 5.97 Å². The van der Waals surface area contributed by atoms with E-state index in [-0.39, 0.29) is 0 Å². The molecular formula is C12H14N4O2S. The SMILES string of the molecule is COC(=O)c1cc(N)cnc1NCc1ncc(C)s1. The quantitative estimate of drug-likeness (QED) is 0.829. The Hall–Kier alpha value is -2.15. The van der Waals surface area contributed by atoms with Gasteiger partial charge in [-0.05, 0) is 13.0 Å². The van der Waals surface area contributed by atoms with Crippen molar-refractivity contribution in [1.29, 1.82) is 0 Å². The number of ether oxygens (including phenoxy) is 1. The lowest BCUT2D eigenvalue weighted by molar-refractivity contribution is 0.0601. The van der Waals surface area contributed by atoms with E-state index in [2.05, 4.69) is 15.3 Å². The Labute approximate surface area is 114 Å². The number of anilines is 2. The molecule has 6 nitrogen and oxygen atoms in total. The minimum absolute atomic E-state index is 0.316. The zero-order valence-corrected chi connectivity index (χ0v) is 11.5. The summed E-state index contributed by atoms with van der Waals surface area (Å²) in [5.74, 6) is -0.0356. The number of carbonyl (C=O) groups excluding carboxylic acids is 1. The largest absolute Gasteiger partial charge is 0.465 e. The number of nitrogen functional groups attached to an aromatic ring is 1. The van der Waals surface area contributed by atoms with Gasteiger partial charge in [0.2, 0.25) is 0 Å². The number of methoxy groups -OCH3 is 1. The number of aryl methyl sites for hydroxylation is 1. The summed E-state index contributed by atoms with van der Waals surface area (Å²) in [5.41, 5.74) is 6.35. The van der Waals surface area contributed by atoms with Crippen molar-refractivity contribution in [2.75, 3.05) is 18.2 Å². The molecule has 0 fully saturated rings. The van der Waals surface area contributed by atoms with Gasteiger partial charge in [-0.3, -0.25) is 0 Å². The first-order valence-electron chi connectivity index (χ1n) is 5.59. The van der Waals surface area contributed by atoms with Gasteiger partial charge in [0, 0.05) is 11.1 Å². The number of hydrogen-bond donors (Lipinski definition) is 2. The average molecular weight is 278 g/mol. The highest BCUT2D eigenvalue weighted by atomic mass is 32.1. The number of rotatable bonds is 4. The maximum Gasteiger partial charge on any atom is 0.341 e. The molecule has 19 heavy (non-hydrogen) atoms. The fourth-order valence-electron chi connectivity index (χ4n) is 1.53. The summed E-state index contributed by atoms with van der Waals surface area (Å²) in [4.78, 5) is 21.1. The van der Waals surface area contributed by atoms with Crippen LogP contribution in [-0.4, -0.2) is 23.0 Å². The molecule has 0 saturated heterocycles. The number of pyridine rings is 1. The van der Waals surface area contributed by atoms with Crippen LogP contribution in [0.5, 0.6) is 0 Å². The van der Waals surface area contributed by atoms with Gasteiger partial charge in [-0.2, -0.15) is 0 Å². The molecule has 0 bridgehead atoms. The molecule has 0 spiro atoms. The van der Waals surface area contributed by atoms with E-state index in [9.17, 15) is 4.79 Å². The van der Waals surface area contributed by atoms with E-state index in [4.69, 9.17) is 10.5 Å². The molecule has 0 atom stereocenters. The zero-order valence-electron chi connectivity index (χ0n) is 10.6. The van der Waals surface area contributed by atoms with Crippen LogP contribution in [0, 0.1) is 6.92 Å². The summed E-state index contributed by atoms with van der Waals surface area (Å²) in [7, 11) is 1.32. The Balaban J connectivity index is 2.17. The van der Waals surface area contributed by atoms with Gasteiger partial charge < -0.3 is 15.8 Å². The Kier molecular flexibility index (Phi) is 3.96. The molecule has 100 valence electrons. The number of nitrogens with two attached hydrogens (primary N) is 1. The molecule has 0 aliphatic heterocycles. The summed E-state index contributed by atoms with van der Waals surface area (Å²) in [6.45, 7) is 2.49. The average Bonchev–Trinajstić information content (AvgIpc) is 2.82. The first kappa shape index (κ1) is 13.3. The van der Waals surface area contributed by atoms with Crippen LogP contribution in [0.2, 0.25) is 0 Å². The van der Waals surface area contributed by atoms with Crippen LogP contribution in [0.4, 0.5) is 11.5 Å². The van der Waals surface area contributed by atoms with Crippen LogP contribution < -0.4 is 11.1 Å². The number of nitrogens with zero attached hydrogens (tertiary/aromatic N) is 2. The predicted octanol–water partition coefficient (Wildman–Crippen LogP) is 1.83. The first-order chi connectivity index (χ1) is 9.10. The van der Waals surface area contributed by atoms with Crippen molar-refractivity contribution in [3.05, 3.63) is 33.9 Å². The third-order valence-corrected chi connectivity index (χ3v) is 3.30. The molecular weight excluding hydrogens is 264 g/mol. The van der Waals surface area contributed by atoms with Gasteiger partial charge in [0.25, 0.3) is 0 Å². The van der Waals surface area contributed by atoms with E-state index in [1.54, 1.807) is 17.5 Å². The number of hydrogen-bond acceptors (Lipinski definition) is 7. The van der Waals surface area contributed by atoms with E-state index in [0.717, 1.165) is 9.88 Å². The Bertz CT molecular complexity index is 597. The number of esters is 1. The van der Waals surface area contributed by atoms with Crippen molar-refractivity contribution in [3.8, 4) is 0 Å². The molecule has 2 aromatic heterocycles. The van der Waals surface area contributed by atoms with E-state index in [1.807, 2.05) is 6.92 Å². The van der Waals surface area contributed by atoms with E-state index in [0.29, 0.717) is 23.6 Å². The molecule has 0 amide bonds. The molecule has 0 unspecified atom stereocenters. The van der Waals surface area contributed by atoms with Crippen LogP contribution >= 0.6 is 11.3 Å². The van der Waals surface area contributed by atoms with Gasteiger partial charge in [0.15, 0.2) is 0 Å². The Morgan fingerprint density at radius 3 is 2.89 bits per heavy atom. The summed E-state index contributed by atoms with van der Waals surface area (Å²) in [5, 5.41) is 3.99. The maximum atomic E-state index is 11.6. The third kappa shape index (κ3) is 3.19. The van der Waals surface area contributed by atoms with Gasteiger partial charge in [-0.25, -0.2) is 14.8 Å². The van der Waals surface area contributed by atoms with Gasteiger partial charge in [0.05, 0.1) is 25.5 Å². The lowest BCUT2D eigenvalue weighted by Gasteiger charge is -2.09. The number of carbonyl (C=O) groups is 1. The second kappa shape index (κ2) is 5.66. The van der Waals surface area contributed by atoms with Crippen LogP contribution in [0.15, 0.2) is 18.5 Å². The second-order valence-corrected chi connectivity index (χ2v) is 5.19. The minimum Gasteiger partial charge on any atom is -0.465 e. The number of thiazole rings is 1. The first-order valence-corrected chi connectivity index (χ1v) is 6.41. The zero-order chi connectivity index (χ0) is 13.8. The molecule has 0 aromatic carbocycles. The number of nitrogens with one attached hydrogen (secondary N) is 1. The smallest absolute Gasteiger partial charge is 0.341 e. The van der Waals surface area contributed by atoms with Crippen molar-refractivity contribution in [2.45, 2.75) is 13.5 Å². The third-order valence-electron chi connectivity index (χ3n) is 2.39. The lowest BCUT2D eigenvalue weighted by atomic mass is 10.2. The Morgan fingerprint density at radius 1 is 1.47 bits per heavy atom. The van der Waals surface area contributed by atoms with Crippen LogP contribution in [0.3, 0.4) is 0 Å². The normalized spacial score (nSPS) is 10.2. The molecule has 2 rings (SSSR count). The van der Waals surface area contributed by atoms with Crippen LogP contribution in [0.1, 0.15) is 20.2 Å². The van der Waals surface area contributed by atoms with Gasteiger partial charge in [0.1, 0.15) is 16.4 Å². The summed E-state index contributed by atoms with van der Waals surface area (Å²) in [6.07, 6.45) is 3.29.